The molecule has 2 rings (SSSR count). The van der Waals surface area contributed by atoms with E-state index in [1.165, 1.54) is 18.5 Å². The Morgan fingerprint density at radius 1 is 1.00 bits per heavy atom. The Bertz CT molecular complexity index is 637. The molecule has 0 radical (unpaired) electrons. The van der Waals surface area contributed by atoms with Gasteiger partial charge in [0.15, 0.2) is 11.5 Å². The minimum absolute atomic E-state index is 0.166. The highest BCUT2D eigenvalue weighted by Crippen LogP contribution is 2.33. The van der Waals surface area contributed by atoms with Crippen LogP contribution in [-0.2, 0) is 0 Å². The number of nitriles is 1. The normalized spacial score (nSPS) is 9.89. The minimum atomic E-state index is 0.166. The van der Waals surface area contributed by atoms with Gasteiger partial charge < -0.3 is 5.32 Å². The summed E-state index contributed by atoms with van der Waals surface area (Å²) < 4.78 is 0. The van der Waals surface area contributed by atoms with E-state index in [-0.39, 0.29) is 5.69 Å². The number of anilines is 2. The molecule has 2 aromatic rings. The summed E-state index contributed by atoms with van der Waals surface area (Å²) in [6.45, 7) is 0. The van der Waals surface area contributed by atoms with Crippen molar-refractivity contribution < 1.29 is 0 Å². The summed E-state index contributed by atoms with van der Waals surface area (Å²) in [5.74, 6) is 0.306. The average Bonchev–Trinajstić information content (AvgIpc) is 2.36. The van der Waals surface area contributed by atoms with E-state index < -0.39 is 0 Å². The third-order valence-corrected chi connectivity index (χ3v) is 3.10. The third-order valence-electron chi connectivity index (χ3n) is 2.07. The maximum atomic E-state index is 8.89. The van der Waals surface area contributed by atoms with Crippen LogP contribution in [0.15, 0.2) is 24.5 Å². The Balaban J connectivity index is 2.41. The van der Waals surface area contributed by atoms with Gasteiger partial charge in [0.05, 0.1) is 20.8 Å². The summed E-state index contributed by atoms with van der Waals surface area (Å²) >= 11 is 17.7. The highest BCUT2D eigenvalue weighted by Gasteiger charge is 2.09. The van der Waals surface area contributed by atoms with Crippen LogP contribution in [0.4, 0.5) is 11.5 Å². The fourth-order valence-corrected chi connectivity index (χ4v) is 1.85. The first-order chi connectivity index (χ1) is 8.61. The summed E-state index contributed by atoms with van der Waals surface area (Å²) in [7, 11) is 0. The van der Waals surface area contributed by atoms with Crippen molar-refractivity contribution in [3.8, 4) is 6.07 Å². The smallest absolute Gasteiger partial charge is 0.183 e. The van der Waals surface area contributed by atoms with Crippen molar-refractivity contribution in [3.05, 3.63) is 45.3 Å². The van der Waals surface area contributed by atoms with E-state index in [1.807, 2.05) is 6.07 Å². The van der Waals surface area contributed by atoms with Gasteiger partial charge in [0.1, 0.15) is 6.07 Å². The Labute approximate surface area is 118 Å². The highest BCUT2D eigenvalue weighted by molar-refractivity contribution is 6.44. The Morgan fingerprint density at radius 3 is 2.39 bits per heavy atom. The zero-order valence-electron chi connectivity index (χ0n) is 8.78. The standard InChI is InChI=1S/C11H5Cl3N4/c12-6-3-8(14)9(4-7(6)13)18-11-10(5-15)16-1-2-17-11/h1-4H,(H,17,18). The lowest BCUT2D eigenvalue weighted by Gasteiger charge is -2.09. The second kappa shape index (κ2) is 5.40. The van der Waals surface area contributed by atoms with E-state index in [9.17, 15) is 0 Å². The van der Waals surface area contributed by atoms with Gasteiger partial charge in [-0.1, -0.05) is 34.8 Å². The van der Waals surface area contributed by atoms with Crippen LogP contribution in [0.1, 0.15) is 5.69 Å². The van der Waals surface area contributed by atoms with Crippen LogP contribution >= 0.6 is 34.8 Å². The van der Waals surface area contributed by atoms with Gasteiger partial charge in [-0.3, -0.25) is 0 Å². The van der Waals surface area contributed by atoms with Gasteiger partial charge in [0, 0.05) is 12.4 Å². The number of halogens is 3. The second-order valence-corrected chi connectivity index (χ2v) is 4.46. The Morgan fingerprint density at radius 2 is 1.67 bits per heavy atom. The van der Waals surface area contributed by atoms with Crippen molar-refractivity contribution in [1.29, 1.82) is 5.26 Å². The Kier molecular flexibility index (Phi) is 3.87. The van der Waals surface area contributed by atoms with E-state index in [1.54, 1.807) is 6.07 Å². The minimum Gasteiger partial charge on any atom is -0.337 e. The quantitative estimate of drug-likeness (QED) is 0.850. The van der Waals surface area contributed by atoms with Crippen LogP contribution in [0.5, 0.6) is 0 Å². The maximum absolute atomic E-state index is 8.89. The topological polar surface area (TPSA) is 61.6 Å². The van der Waals surface area contributed by atoms with E-state index >= 15 is 0 Å². The summed E-state index contributed by atoms with van der Waals surface area (Å²) in [5.41, 5.74) is 0.669. The van der Waals surface area contributed by atoms with Crippen molar-refractivity contribution in [2.75, 3.05) is 5.32 Å². The molecule has 0 aliphatic rings. The van der Waals surface area contributed by atoms with Gasteiger partial charge >= 0.3 is 0 Å². The molecule has 0 amide bonds. The molecule has 1 heterocycles. The van der Waals surface area contributed by atoms with Gasteiger partial charge in [0.2, 0.25) is 0 Å². The molecule has 18 heavy (non-hydrogen) atoms. The van der Waals surface area contributed by atoms with E-state index in [2.05, 4.69) is 15.3 Å². The van der Waals surface area contributed by atoms with Crippen molar-refractivity contribution in [3.63, 3.8) is 0 Å². The average molecular weight is 300 g/mol. The van der Waals surface area contributed by atoms with Gasteiger partial charge in [-0.25, -0.2) is 9.97 Å². The van der Waals surface area contributed by atoms with Crippen LogP contribution in [0, 0.1) is 11.3 Å². The zero-order chi connectivity index (χ0) is 13.1. The van der Waals surface area contributed by atoms with Crippen LogP contribution in [-0.4, -0.2) is 9.97 Å². The lowest BCUT2D eigenvalue weighted by molar-refractivity contribution is 1.16. The van der Waals surface area contributed by atoms with Crippen LogP contribution in [0.3, 0.4) is 0 Å². The number of hydrogen-bond acceptors (Lipinski definition) is 4. The summed E-state index contributed by atoms with van der Waals surface area (Å²) in [6.07, 6.45) is 2.90. The van der Waals surface area contributed by atoms with Crippen LogP contribution < -0.4 is 5.32 Å². The predicted molar refractivity (Wildman–Crippen MR) is 71.5 cm³/mol. The molecule has 0 saturated heterocycles. The molecule has 0 unspecified atom stereocenters. The number of benzene rings is 1. The lowest BCUT2D eigenvalue weighted by Crippen LogP contribution is -1.99. The highest BCUT2D eigenvalue weighted by atomic mass is 35.5. The predicted octanol–water partition coefficient (Wildman–Crippen LogP) is 4.05. The van der Waals surface area contributed by atoms with E-state index in [0.717, 1.165) is 0 Å². The van der Waals surface area contributed by atoms with Gasteiger partial charge in [-0.2, -0.15) is 5.26 Å². The van der Waals surface area contributed by atoms with E-state index in [4.69, 9.17) is 40.1 Å². The number of nitrogens with one attached hydrogen (secondary N) is 1. The monoisotopic (exact) mass is 298 g/mol. The first-order valence-corrected chi connectivity index (χ1v) is 5.88. The van der Waals surface area contributed by atoms with Crippen molar-refractivity contribution in [2.24, 2.45) is 0 Å². The lowest BCUT2D eigenvalue weighted by atomic mass is 10.3. The molecule has 1 aromatic heterocycles. The molecular formula is C11H5Cl3N4. The molecule has 0 bridgehead atoms. The molecule has 0 aliphatic heterocycles. The molecule has 0 saturated carbocycles. The fourth-order valence-electron chi connectivity index (χ4n) is 1.26. The molecular weight excluding hydrogens is 295 g/mol. The number of aromatic nitrogens is 2. The van der Waals surface area contributed by atoms with Crippen molar-refractivity contribution in [1.82, 2.24) is 9.97 Å². The molecule has 0 aliphatic carbocycles. The number of hydrogen-bond donors (Lipinski definition) is 1. The fraction of sp³-hybridized carbons (Fsp3) is 0. The third kappa shape index (κ3) is 2.65. The van der Waals surface area contributed by atoms with Crippen LogP contribution in [0.25, 0.3) is 0 Å². The zero-order valence-corrected chi connectivity index (χ0v) is 11.1. The molecule has 0 spiro atoms. The molecule has 90 valence electrons. The first-order valence-electron chi connectivity index (χ1n) is 4.74. The second-order valence-electron chi connectivity index (χ2n) is 3.24. The number of nitrogens with zero attached hydrogens (tertiary/aromatic N) is 3. The maximum Gasteiger partial charge on any atom is 0.183 e. The van der Waals surface area contributed by atoms with Crippen molar-refractivity contribution >= 4 is 46.3 Å². The van der Waals surface area contributed by atoms with Gasteiger partial charge in [0.25, 0.3) is 0 Å². The van der Waals surface area contributed by atoms with Crippen molar-refractivity contribution in [2.45, 2.75) is 0 Å². The molecule has 1 aromatic carbocycles. The van der Waals surface area contributed by atoms with Gasteiger partial charge in [-0.15, -0.1) is 0 Å². The number of rotatable bonds is 2. The molecule has 0 fully saturated rings. The van der Waals surface area contributed by atoms with Gasteiger partial charge in [-0.05, 0) is 12.1 Å². The summed E-state index contributed by atoms with van der Waals surface area (Å²) in [4.78, 5) is 7.88. The molecule has 4 nitrogen and oxygen atoms in total. The van der Waals surface area contributed by atoms with E-state index in [0.29, 0.717) is 26.6 Å². The summed E-state index contributed by atoms with van der Waals surface area (Å²) in [6, 6.07) is 4.99. The summed E-state index contributed by atoms with van der Waals surface area (Å²) in [5, 5.41) is 12.9. The Hall–Kier alpha value is -1.54. The van der Waals surface area contributed by atoms with Crippen LogP contribution in [0.2, 0.25) is 15.1 Å². The first kappa shape index (κ1) is 12.9. The molecule has 0 atom stereocenters. The molecule has 1 N–H and O–H groups in total. The SMILES string of the molecule is N#Cc1nccnc1Nc1cc(Cl)c(Cl)cc1Cl. The largest absolute Gasteiger partial charge is 0.337 e. The molecule has 7 heteroatoms.